The summed E-state index contributed by atoms with van der Waals surface area (Å²) in [6.45, 7) is 8.24. The van der Waals surface area contributed by atoms with Gasteiger partial charge in [-0.3, -0.25) is 0 Å². The minimum absolute atomic E-state index is 0.375. The molecule has 2 N–H and O–H groups in total. The Labute approximate surface area is 135 Å². The molecule has 1 heterocycles. The highest BCUT2D eigenvalue weighted by atomic mass is 15.0. The molecule has 1 aliphatic heterocycles. The van der Waals surface area contributed by atoms with E-state index in [1.165, 1.54) is 56.5 Å². The minimum atomic E-state index is 0.375. The molecular formula is C20H30N2. The molecule has 2 atom stereocenters. The summed E-state index contributed by atoms with van der Waals surface area (Å²) in [7, 11) is 0. The second-order valence-electron chi connectivity index (χ2n) is 7.14. The van der Waals surface area contributed by atoms with Gasteiger partial charge in [-0.2, -0.15) is 0 Å². The molecule has 1 aromatic carbocycles. The molecule has 120 valence electrons. The van der Waals surface area contributed by atoms with Crippen molar-refractivity contribution in [2.75, 3.05) is 19.6 Å². The van der Waals surface area contributed by atoms with Gasteiger partial charge in [0, 0.05) is 5.54 Å². The van der Waals surface area contributed by atoms with Gasteiger partial charge in [0.2, 0.25) is 0 Å². The summed E-state index contributed by atoms with van der Waals surface area (Å²) < 4.78 is 0. The molecule has 22 heavy (non-hydrogen) atoms. The van der Waals surface area contributed by atoms with Gasteiger partial charge in [0.1, 0.15) is 0 Å². The summed E-state index contributed by atoms with van der Waals surface area (Å²) in [6.07, 6.45) is 7.58. The number of rotatable bonds is 6. The first-order chi connectivity index (χ1) is 10.7. The standard InChI is InChI=1S/C20H30N2/c1-3-20(22-15-18-9-11-21-12-10-18)14-19(20)16(2)13-17-7-5-4-6-8-17/h4-8,13,18-19,21-22H,3,9-12,14-15H2,1-2H3. The highest BCUT2D eigenvalue weighted by Crippen LogP contribution is 2.51. The van der Waals surface area contributed by atoms with Gasteiger partial charge in [-0.05, 0) is 69.6 Å². The Hall–Kier alpha value is -1.12. The zero-order valence-corrected chi connectivity index (χ0v) is 14.1. The van der Waals surface area contributed by atoms with Crippen LogP contribution in [-0.2, 0) is 0 Å². The number of benzene rings is 1. The lowest BCUT2D eigenvalue weighted by Crippen LogP contribution is -2.40. The molecule has 2 unspecified atom stereocenters. The van der Waals surface area contributed by atoms with Crippen LogP contribution in [0, 0.1) is 11.8 Å². The Kier molecular flexibility index (Phi) is 5.00. The van der Waals surface area contributed by atoms with E-state index in [9.17, 15) is 0 Å². The lowest BCUT2D eigenvalue weighted by atomic mass is 9.96. The zero-order chi connectivity index (χ0) is 15.4. The Morgan fingerprint density at radius 2 is 2.00 bits per heavy atom. The van der Waals surface area contributed by atoms with Crippen molar-refractivity contribution in [2.24, 2.45) is 11.8 Å². The van der Waals surface area contributed by atoms with Crippen LogP contribution in [0.5, 0.6) is 0 Å². The summed E-state index contributed by atoms with van der Waals surface area (Å²) in [5.41, 5.74) is 3.24. The molecule has 0 aromatic heterocycles. The molecule has 2 nitrogen and oxygen atoms in total. The Bertz CT molecular complexity index is 502. The Morgan fingerprint density at radius 3 is 2.68 bits per heavy atom. The second-order valence-corrected chi connectivity index (χ2v) is 7.14. The largest absolute Gasteiger partial charge is 0.317 e. The van der Waals surface area contributed by atoms with Crippen molar-refractivity contribution >= 4 is 6.08 Å². The SMILES string of the molecule is CCC1(NCC2CCNCC2)CC1C(C)=Cc1ccccc1. The molecule has 0 amide bonds. The Balaban J connectivity index is 1.57. The van der Waals surface area contributed by atoms with E-state index >= 15 is 0 Å². The third-order valence-corrected chi connectivity index (χ3v) is 5.65. The van der Waals surface area contributed by atoms with Crippen molar-refractivity contribution in [2.45, 2.75) is 45.1 Å². The fraction of sp³-hybridized carbons (Fsp3) is 0.600. The van der Waals surface area contributed by atoms with Crippen LogP contribution in [0.3, 0.4) is 0 Å². The van der Waals surface area contributed by atoms with Gasteiger partial charge in [0.05, 0.1) is 0 Å². The lowest BCUT2D eigenvalue weighted by Gasteiger charge is -2.26. The molecule has 2 heteroatoms. The zero-order valence-electron chi connectivity index (χ0n) is 14.1. The molecule has 0 spiro atoms. The molecule has 1 saturated heterocycles. The van der Waals surface area contributed by atoms with E-state index in [0.717, 1.165) is 11.8 Å². The van der Waals surface area contributed by atoms with Crippen LogP contribution in [0.2, 0.25) is 0 Å². The van der Waals surface area contributed by atoms with E-state index in [1.807, 2.05) is 0 Å². The number of hydrogen-bond acceptors (Lipinski definition) is 2. The van der Waals surface area contributed by atoms with Gasteiger partial charge < -0.3 is 10.6 Å². The summed E-state index contributed by atoms with van der Waals surface area (Å²) in [5.74, 6) is 1.59. The maximum Gasteiger partial charge on any atom is 0.0251 e. The Morgan fingerprint density at radius 1 is 1.27 bits per heavy atom. The monoisotopic (exact) mass is 298 g/mol. The van der Waals surface area contributed by atoms with Gasteiger partial charge in [-0.15, -0.1) is 0 Å². The van der Waals surface area contributed by atoms with E-state index in [0.29, 0.717) is 5.54 Å². The van der Waals surface area contributed by atoms with Crippen LogP contribution in [0.1, 0.15) is 45.1 Å². The first kappa shape index (κ1) is 15.8. The van der Waals surface area contributed by atoms with Gasteiger partial charge in [-0.1, -0.05) is 48.9 Å². The van der Waals surface area contributed by atoms with Crippen LogP contribution >= 0.6 is 0 Å². The lowest BCUT2D eigenvalue weighted by molar-refractivity contribution is 0.325. The van der Waals surface area contributed by atoms with Gasteiger partial charge in [0.25, 0.3) is 0 Å². The molecular weight excluding hydrogens is 268 g/mol. The maximum atomic E-state index is 3.94. The van der Waals surface area contributed by atoms with Crippen LogP contribution < -0.4 is 10.6 Å². The molecule has 1 saturated carbocycles. The average molecular weight is 298 g/mol. The van der Waals surface area contributed by atoms with Crippen molar-refractivity contribution in [3.05, 3.63) is 41.5 Å². The summed E-state index contributed by atoms with van der Waals surface area (Å²) in [5, 5.41) is 7.40. The van der Waals surface area contributed by atoms with Crippen LogP contribution in [-0.4, -0.2) is 25.2 Å². The first-order valence-corrected chi connectivity index (χ1v) is 8.92. The second kappa shape index (κ2) is 6.97. The molecule has 3 rings (SSSR count). The normalized spacial score (nSPS) is 29.5. The first-order valence-electron chi connectivity index (χ1n) is 8.92. The van der Waals surface area contributed by atoms with Crippen molar-refractivity contribution in [3.8, 4) is 0 Å². The number of nitrogens with one attached hydrogen (secondary N) is 2. The van der Waals surface area contributed by atoms with E-state index < -0.39 is 0 Å². The predicted molar refractivity (Wildman–Crippen MR) is 94.8 cm³/mol. The van der Waals surface area contributed by atoms with Crippen LogP contribution in [0.15, 0.2) is 35.9 Å². The molecule has 1 aliphatic carbocycles. The summed E-state index contributed by atoms with van der Waals surface area (Å²) >= 11 is 0. The number of hydrogen-bond donors (Lipinski definition) is 2. The van der Waals surface area contributed by atoms with Crippen molar-refractivity contribution in [1.82, 2.24) is 10.6 Å². The van der Waals surface area contributed by atoms with E-state index in [4.69, 9.17) is 0 Å². The molecule has 1 aromatic rings. The summed E-state index contributed by atoms with van der Waals surface area (Å²) in [4.78, 5) is 0. The third kappa shape index (κ3) is 3.61. The highest BCUT2D eigenvalue weighted by Gasteiger charge is 2.52. The summed E-state index contributed by atoms with van der Waals surface area (Å²) in [6, 6.07) is 10.7. The number of piperidine rings is 1. The van der Waals surface area contributed by atoms with Crippen LogP contribution in [0.25, 0.3) is 6.08 Å². The van der Waals surface area contributed by atoms with Gasteiger partial charge in [0.15, 0.2) is 0 Å². The fourth-order valence-electron chi connectivity index (χ4n) is 3.96. The molecule has 0 bridgehead atoms. The average Bonchev–Trinajstić information content (AvgIpc) is 3.30. The topological polar surface area (TPSA) is 24.1 Å². The van der Waals surface area contributed by atoms with E-state index in [-0.39, 0.29) is 0 Å². The molecule has 2 aliphatic rings. The molecule has 0 radical (unpaired) electrons. The minimum Gasteiger partial charge on any atom is -0.317 e. The smallest absolute Gasteiger partial charge is 0.0251 e. The third-order valence-electron chi connectivity index (χ3n) is 5.65. The van der Waals surface area contributed by atoms with Crippen molar-refractivity contribution in [1.29, 1.82) is 0 Å². The van der Waals surface area contributed by atoms with Crippen LogP contribution in [0.4, 0.5) is 0 Å². The van der Waals surface area contributed by atoms with Gasteiger partial charge >= 0.3 is 0 Å². The molecule has 2 fully saturated rings. The maximum absolute atomic E-state index is 3.94. The predicted octanol–water partition coefficient (Wildman–Crippen LogP) is 3.85. The van der Waals surface area contributed by atoms with E-state index in [2.05, 4.69) is 60.9 Å². The van der Waals surface area contributed by atoms with Crippen molar-refractivity contribution in [3.63, 3.8) is 0 Å². The quantitative estimate of drug-likeness (QED) is 0.833. The highest BCUT2D eigenvalue weighted by molar-refractivity contribution is 5.54. The van der Waals surface area contributed by atoms with E-state index in [1.54, 1.807) is 0 Å². The fourth-order valence-corrected chi connectivity index (χ4v) is 3.96. The van der Waals surface area contributed by atoms with Gasteiger partial charge in [-0.25, -0.2) is 0 Å². The van der Waals surface area contributed by atoms with Crippen molar-refractivity contribution < 1.29 is 0 Å².